The van der Waals surface area contributed by atoms with E-state index in [1.54, 1.807) is 19.3 Å². The van der Waals surface area contributed by atoms with E-state index in [0.29, 0.717) is 26.0 Å². The molecule has 1 fully saturated rings. The van der Waals surface area contributed by atoms with Gasteiger partial charge in [0.1, 0.15) is 15.8 Å². The van der Waals surface area contributed by atoms with Gasteiger partial charge in [0, 0.05) is 53.4 Å². The Balaban J connectivity index is 1.88. The summed E-state index contributed by atoms with van der Waals surface area (Å²) in [6, 6.07) is 1.85. The van der Waals surface area contributed by atoms with Gasteiger partial charge in [-0.1, -0.05) is 30.1 Å². The second-order valence-electron chi connectivity index (χ2n) is 7.80. The number of nitrogens with one attached hydrogen (secondary N) is 1. The molecule has 1 unspecified atom stereocenters. The Hall–Kier alpha value is -2.80. The third-order valence-corrected chi connectivity index (χ3v) is 9.16. The first kappa shape index (κ1) is 24.3. The summed E-state index contributed by atoms with van der Waals surface area (Å²) in [7, 11) is -1.82. The largest absolute Gasteiger partial charge is 0.611 e. The lowest BCUT2D eigenvalue weighted by molar-refractivity contribution is 0.478. The minimum absolute atomic E-state index is 0.0311. The number of anilines is 2. The number of allylic oxidation sites excluding steroid dienone is 3. The summed E-state index contributed by atoms with van der Waals surface area (Å²) < 4.78 is 38.9. The third-order valence-electron chi connectivity index (χ3n) is 5.30. The lowest BCUT2D eigenvalue weighted by atomic mass is 10.00. The molecular formula is C22H24N6O3S3. The molecule has 4 rings (SSSR count). The molecule has 0 spiro atoms. The standard InChI is InChI=1S/C22H24N6O3S3/c1-4-6-13(10-24-2)16-9-17(14-11-25-22(26-12-14)28-34(3,30)31)27-20-18(16)19(23)21(32-20)33(29)15-7-5-8-15/h4,6,9-12,15H,1,5,7-8,23H2,2-3H3,(H,25,26,28)/b13-6+,24-10-. The molecule has 0 aliphatic heterocycles. The van der Waals surface area contributed by atoms with Crippen LogP contribution < -0.4 is 10.5 Å². The van der Waals surface area contributed by atoms with Gasteiger partial charge in [-0.25, -0.2) is 23.4 Å². The monoisotopic (exact) mass is 516 g/mol. The van der Waals surface area contributed by atoms with Crippen LogP contribution in [0.15, 0.2) is 46.4 Å². The third kappa shape index (κ3) is 4.99. The summed E-state index contributed by atoms with van der Waals surface area (Å²) in [5.74, 6) is -0.0311. The minimum Gasteiger partial charge on any atom is -0.611 e. The van der Waals surface area contributed by atoms with Gasteiger partial charge in [0.05, 0.1) is 11.9 Å². The molecule has 1 aliphatic carbocycles. The zero-order valence-electron chi connectivity index (χ0n) is 18.7. The lowest BCUT2D eigenvalue weighted by Gasteiger charge is -2.27. The number of sulfonamides is 1. The molecule has 1 saturated carbocycles. The van der Waals surface area contributed by atoms with Crippen LogP contribution in [-0.2, 0) is 21.2 Å². The molecule has 12 heteroatoms. The van der Waals surface area contributed by atoms with Crippen molar-refractivity contribution in [3.8, 4) is 11.3 Å². The molecule has 0 radical (unpaired) electrons. The molecule has 3 N–H and O–H groups in total. The summed E-state index contributed by atoms with van der Waals surface area (Å²) in [5, 5.41) is 0.850. The zero-order valence-corrected chi connectivity index (χ0v) is 21.1. The summed E-state index contributed by atoms with van der Waals surface area (Å²) >= 11 is 0.143. The molecule has 3 aromatic rings. The first-order valence-electron chi connectivity index (χ1n) is 10.4. The predicted molar refractivity (Wildman–Crippen MR) is 140 cm³/mol. The molecule has 9 nitrogen and oxygen atoms in total. The Morgan fingerprint density at radius 1 is 1.38 bits per heavy atom. The Bertz CT molecular complexity index is 1390. The van der Waals surface area contributed by atoms with Crippen LogP contribution in [0.2, 0.25) is 0 Å². The Morgan fingerprint density at radius 2 is 2.09 bits per heavy atom. The van der Waals surface area contributed by atoms with Gasteiger partial charge in [-0.2, -0.15) is 0 Å². The Labute approximate surface area is 205 Å². The summed E-state index contributed by atoms with van der Waals surface area (Å²) in [6.45, 7) is 3.80. The van der Waals surface area contributed by atoms with E-state index in [-0.39, 0.29) is 11.2 Å². The second kappa shape index (κ2) is 9.82. The highest BCUT2D eigenvalue weighted by molar-refractivity contribution is 7.94. The van der Waals surface area contributed by atoms with E-state index >= 15 is 0 Å². The summed E-state index contributed by atoms with van der Waals surface area (Å²) in [4.78, 5) is 17.8. The van der Waals surface area contributed by atoms with Crippen LogP contribution in [0.3, 0.4) is 0 Å². The number of thiophene rings is 1. The fourth-order valence-electron chi connectivity index (χ4n) is 3.51. The van der Waals surface area contributed by atoms with Crippen LogP contribution in [-0.4, -0.2) is 52.7 Å². The molecule has 3 heterocycles. The van der Waals surface area contributed by atoms with Crippen molar-refractivity contribution < 1.29 is 13.0 Å². The number of aliphatic imine (C=N–C) groups is 1. The Morgan fingerprint density at radius 3 is 2.65 bits per heavy atom. The average molecular weight is 517 g/mol. The number of aromatic nitrogens is 3. The van der Waals surface area contributed by atoms with Gasteiger partial charge in [0.15, 0.2) is 0 Å². The highest BCUT2D eigenvalue weighted by atomic mass is 32.2. The molecule has 178 valence electrons. The second-order valence-corrected chi connectivity index (χ2v) is 12.5. The maximum atomic E-state index is 13.1. The molecule has 0 bridgehead atoms. The maximum Gasteiger partial charge on any atom is 0.236 e. The van der Waals surface area contributed by atoms with E-state index in [1.807, 2.05) is 12.1 Å². The molecule has 3 aromatic heterocycles. The molecule has 1 atom stereocenters. The van der Waals surface area contributed by atoms with E-state index in [0.717, 1.165) is 42.0 Å². The molecule has 1 aliphatic rings. The van der Waals surface area contributed by atoms with Crippen molar-refractivity contribution >= 4 is 66.2 Å². The van der Waals surface area contributed by atoms with Crippen molar-refractivity contribution in [1.82, 2.24) is 15.0 Å². The number of nitrogen functional groups attached to an aromatic ring is 1. The van der Waals surface area contributed by atoms with Crippen molar-refractivity contribution in [2.75, 3.05) is 23.8 Å². The van der Waals surface area contributed by atoms with Crippen molar-refractivity contribution in [2.45, 2.75) is 28.7 Å². The minimum atomic E-state index is -3.49. The SMILES string of the molecule is C=C/C=C(\C=N/C)c1cc(-c2cnc(NS(C)(=O)=O)nc2)nc2sc([S+]([O-])C3CCC3)c(N)c12. The first-order valence-corrected chi connectivity index (χ1v) is 14.3. The lowest BCUT2D eigenvalue weighted by Crippen LogP contribution is -2.28. The van der Waals surface area contributed by atoms with Crippen LogP contribution in [0, 0.1) is 0 Å². The van der Waals surface area contributed by atoms with Crippen molar-refractivity contribution in [1.29, 1.82) is 0 Å². The predicted octanol–water partition coefficient (Wildman–Crippen LogP) is 3.64. The van der Waals surface area contributed by atoms with E-state index in [2.05, 4.69) is 26.3 Å². The molecule has 34 heavy (non-hydrogen) atoms. The average Bonchev–Trinajstić information content (AvgIpc) is 3.08. The molecule has 0 aromatic carbocycles. The van der Waals surface area contributed by atoms with Gasteiger partial charge >= 0.3 is 0 Å². The van der Waals surface area contributed by atoms with Gasteiger partial charge in [0.25, 0.3) is 0 Å². The van der Waals surface area contributed by atoms with E-state index < -0.39 is 21.2 Å². The van der Waals surface area contributed by atoms with Crippen molar-refractivity contribution in [3.63, 3.8) is 0 Å². The summed E-state index contributed by atoms with van der Waals surface area (Å²) in [6.07, 6.45) is 12.1. The van der Waals surface area contributed by atoms with Crippen LogP contribution in [0.25, 0.3) is 27.0 Å². The van der Waals surface area contributed by atoms with E-state index in [9.17, 15) is 13.0 Å². The van der Waals surface area contributed by atoms with Crippen LogP contribution in [0.1, 0.15) is 24.8 Å². The number of fused-ring (bicyclic) bond motifs is 1. The topological polar surface area (TPSA) is 146 Å². The highest BCUT2D eigenvalue weighted by Gasteiger charge is 2.35. The van der Waals surface area contributed by atoms with Gasteiger partial charge in [-0.3, -0.25) is 9.71 Å². The number of hydrogen-bond donors (Lipinski definition) is 2. The quantitative estimate of drug-likeness (QED) is 0.264. The van der Waals surface area contributed by atoms with Gasteiger partial charge in [-0.15, -0.1) is 0 Å². The van der Waals surface area contributed by atoms with Gasteiger partial charge < -0.3 is 10.3 Å². The highest BCUT2D eigenvalue weighted by Crippen LogP contribution is 2.44. The zero-order chi connectivity index (χ0) is 24.5. The number of hydrogen-bond acceptors (Lipinski definition) is 9. The van der Waals surface area contributed by atoms with Crippen molar-refractivity contribution in [2.24, 2.45) is 4.99 Å². The van der Waals surface area contributed by atoms with Gasteiger partial charge in [-0.05, 0) is 30.9 Å². The number of pyridine rings is 1. The Kier molecular flexibility index (Phi) is 7.03. The van der Waals surface area contributed by atoms with E-state index in [1.165, 1.54) is 23.7 Å². The van der Waals surface area contributed by atoms with Crippen molar-refractivity contribution in [3.05, 3.63) is 42.8 Å². The van der Waals surface area contributed by atoms with Crippen LogP contribution in [0.4, 0.5) is 11.6 Å². The summed E-state index contributed by atoms with van der Waals surface area (Å²) in [5.41, 5.74) is 9.71. The fourth-order valence-corrected chi connectivity index (χ4v) is 7.16. The fraction of sp³-hybridized carbons (Fsp3) is 0.273. The molecule has 0 saturated heterocycles. The van der Waals surface area contributed by atoms with Crippen LogP contribution in [0.5, 0.6) is 0 Å². The van der Waals surface area contributed by atoms with Crippen LogP contribution >= 0.6 is 11.3 Å². The number of nitrogens with two attached hydrogens (primary N) is 1. The number of nitrogens with zero attached hydrogens (tertiary/aromatic N) is 4. The van der Waals surface area contributed by atoms with E-state index in [4.69, 9.17) is 10.7 Å². The molecule has 0 amide bonds. The smallest absolute Gasteiger partial charge is 0.236 e. The maximum absolute atomic E-state index is 13.1. The van der Waals surface area contributed by atoms with Gasteiger partial charge in [0.2, 0.25) is 20.2 Å². The molecular weight excluding hydrogens is 492 g/mol. The first-order chi connectivity index (χ1) is 16.2. The number of rotatable bonds is 8. The normalized spacial score (nSPS) is 16.0.